The Morgan fingerprint density at radius 2 is 1.84 bits per heavy atom. The van der Waals surface area contributed by atoms with Gasteiger partial charge < -0.3 is 14.4 Å². The summed E-state index contributed by atoms with van der Waals surface area (Å²) < 4.78 is 25.1. The molecule has 43 heavy (non-hydrogen) atoms. The molecule has 0 saturated heterocycles. The topological polar surface area (TPSA) is 96.5 Å². The number of alkyl halides is 1. The number of nitrogens with zero attached hydrogens (tertiary/aromatic N) is 3. The van der Waals surface area contributed by atoms with Crippen LogP contribution in [0.15, 0.2) is 28.7 Å². The first kappa shape index (κ1) is 32.2. The molecule has 1 aromatic heterocycles. The van der Waals surface area contributed by atoms with Gasteiger partial charge in [0.25, 0.3) is 17.7 Å². The van der Waals surface area contributed by atoms with E-state index in [0.29, 0.717) is 30.6 Å². The minimum Gasteiger partial charge on any atom is -0.481 e. The number of fused-ring (bicyclic) bond motifs is 1. The molecule has 0 radical (unpaired) electrons. The lowest BCUT2D eigenvalue weighted by Gasteiger charge is -2.29. The number of anilines is 3. The molecule has 3 aliphatic rings. The van der Waals surface area contributed by atoms with Gasteiger partial charge >= 0.3 is 0 Å². The minimum absolute atomic E-state index is 0.0111. The van der Waals surface area contributed by atoms with Gasteiger partial charge in [0.2, 0.25) is 5.91 Å². The minimum atomic E-state index is -0.764. The van der Waals surface area contributed by atoms with Crippen LogP contribution < -0.4 is 19.4 Å². The Kier molecular flexibility index (Phi) is 10.3. The predicted octanol–water partition coefficient (Wildman–Crippen LogP) is 4.90. The maximum absolute atomic E-state index is 14.7. The van der Waals surface area contributed by atoms with E-state index < -0.39 is 17.6 Å². The lowest BCUT2D eigenvalue weighted by Crippen LogP contribution is -2.42. The highest BCUT2D eigenvalue weighted by Gasteiger charge is 2.41. The number of carbonyl (C=O) groups excluding carboxylic acids is 4. The molecule has 4 amide bonds. The molecule has 5 rings (SSSR count). The number of hydrogen-bond acceptors (Lipinski definition) is 7. The van der Waals surface area contributed by atoms with Gasteiger partial charge in [0.05, 0.1) is 36.3 Å². The van der Waals surface area contributed by atoms with Crippen LogP contribution in [-0.4, -0.2) is 62.4 Å². The average molecular weight is 630 g/mol. The van der Waals surface area contributed by atoms with Crippen LogP contribution in [0.4, 0.5) is 21.5 Å². The normalized spacial score (nSPS) is 16.6. The van der Waals surface area contributed by atoms with Crippen LogP contribution in [0.2, 0.25) is 0 Å². The van der Waals surface area contributed by atoms with E-state index in [2.05, 4.69) is 11.3 Å². The lowest BCUT2D eigenvalue weighted by atomic mass is 9.93. The molecule has 2 aliphatic heterocycles. The van der Waals surface area contributed by atoms with E-state index >= 15 is 0 Å². The summed E-state index contributed by atoms with van der Waals surface area (Å²) in [6.07, 6.45) is 8.01. The highest BCUT2D eigenvalue weighted by Crippen LogP contribution is 2.41. The molecule has 3 heterocycles. The van der Waals surface area contributed by atoms with E-state index in [9.17, 15) is 23.6 Å². The third kappa shape index (κ3) is 6.32. The first-order valence-electron chi connectivity index (χ1n) is 13.8. The molecule has 0 fully saturated rings. The molecule has 2 aromatic rings. The summed E-state index contributed by atoms with van der Waals surface area (Å²) in [6, 6.07) is 2.35. The molecule has 0 saturated carbocycles. The molecule has 228 valence electrons. The summed E-state index contributed by atoms with van der Waals surface area (Å²) in [5.41, 5.74) is 3.08. The van der Waals surface area contributed by atoms with Crippen molar-refractivity contribution in [3.05, 3.63) is 44.9 Å². The number of thiophene rings is 1. The first-order chi connectivity index (χ1) is 20.5. The van der Waals surface area contributed by atoms with E-state index in [-0.39, 0.29) is 54.0 Å². The van der Waals surface area contributed by atoms with E-state index in [0.717, 1.165) is 39.9 Å². The summed E-state index contributed by atoms with van der Waals surface area (Å²) in [4.78, 5) is 54.4. The zero-order chi connectivity index (χ0) is 31.4. The van der Waals surface area contributed by atoms with Crippen LogP contribution in [-0.2, 0) is 23.9 Å². The van der Waals surface area contributed by atoms with Crippen molar-refractivity contribution in [1.82, 2.24) is 0 Å². The van der Waals surface area contributed by atoms with Gasteiger partial charge in [-0.25, -0.2) is 9.29 Å². The van der Waals surface area contributed by atoms with Gasteiger partial charge in [-0.2, -0.15) is 0 Å². The number of rotatable bonds is 7. The third-order valence-corrected chi connectivity index (χ3v) is 8.69. The highest BCUT2D eigenvalue weighted by molar-refractivity contribution is 7.10. The Hall–Kier alpha value is -3.72. The van der Waals surface area contributed by atoms with Crippen molar-refractivity contribution in [3.63, 3.8) is 0 Å². The molecule has 0 bridgehead atoms. The van der Waals surface area contributed by atoms with Crippen molar-refractivity contribution < 1.29 is 33.0 Å². The smallest absolute Gasteiger partial charge is 0.265 e. The number of carbonyl (C=O) groups is 4. The number of terminal acetylenes is 1. The first-order valence-corrected chi connectivity index (χ1v) is 15.2. The lowest BCUT2D eigenvalue weighted by molar-refractivity contribution is -0.121. The number of methoxy groups -OCH3 is 1. The molecular weight excluding hydrogens is 597 g/mol. The summed E-state index contributed by atoms with van der Waals surface area (Å²) in [6.45, 7) is 6.22. The quantitative estimate of drug-likeness (QED) is 0.246. The second-order valence-electron chi connectivity index (χ2n) is 10.4. The largest absolute Gasteiger partial charge is 0.481 e. The van der Waals surface area contributed by atoms with Gasteiger partial charge in [-0.3, -0.25) is 24.1 Å². The van der Waals surface area contributed by atoms with Gasteiger partial charge in [-0.05, 0) is 63.5 Å². The molecule has 12 heteroatoms. The van der Waals surface area contributed by atoms with Crippen molar-refractivity contribution >= 4 is 63.6 Å². The van der Waals surface area contributed by atoms with Crippen LogP contribution in [0.25, 0.3) is 0 Å². The van der Waals surface area contributed by atoms with Crippen LogP contribution in [0.5, 0.6) is 5.75 Å². The molecule has 9 nitrogen and oxygen atoms in total. The van der Waals surface area contributed by atoms with E-state index in [1.807, 2.05) is 20.8 Å². The fraction of sp³-hybridized carbons (Fsp3) is 0.419. The number of amides is 4. The van der Waals surface area contributed by atoms with Crippen LogP contribution in [0.3, 0.4) is 0 Å². The molecule has 1 aliphatic carbocycles. The summed E-state index contributed by atoms with van der Waals surface area (Å²) in [5, 5.41) is 2.05. The Bertz CT molecular complexity index is 1480. The zero-order valence-electron chi connectivity index (χ0n) is 24.5. The van der Waals surface area contributed by atoms with Crippen molar-refractivity contribution in [3.8, 4) is 18.1 Å². The Balaban J connectivity index is 0.000000217. The maximum Gasteiger partial charge on any atom is 0.265 e. The number of benzene rings is 1. The number of ether oxygens (including phenoxy) is 2. The fourth-order valence-corrected chi connectivity index (χ4v) is 6.47. The third-order valence-electron chi connectivity index (χ3n) is 7.44. The van der Waals surface area contributed by atoms with Crippen molar-refractivity contribution in [2.24, 2.45) is 0 Å². The maximum atomic E-state index is 14.7. The standard InChI is InChI=1S/C19H15FN2O4.C12H18ClNO2S/c1-2-7-21-15-9-14(13(20)8-16(15)26-10-17(21)23)22-18(24)11-5-3-4-6-12(11)19(22)25;1-8-7-17-10(3)12(8)14(11(15)5-13)9(2)6-16-4/h1,8-9H,3-7,10H2;7,9H,5-6H2,1-4H3. The van der Waals surface area contributed by atoms with Gasteiger partial charge in [-0.15, -0.1) is 29.4 Å². The second-order valence-corrected chi connectivity index (χ2v) is 11.7. The van der Waals surface area contributed by atoms with Crippen LogP contribution in [0.1, 0.15) is 43.0 Å². The Morgan fingerprint density at radius 3 is 2.37 bits per heavy atom. The predicted molar refractivity (Wildman–Crippen MR) is 164 cm³/mol. The van der Waals surface area contributed by atoms with Crippen molar-refractivity contribution in [2.45, 2.75) is 52.5 Å². The fourth-order valence-electron chi connectivity index (χ4n) is 5.50. The number of imide groups is 1. The molecule has 0 spiro atoms. The average Bonchev–Trinajstić information content (AvgIpc) is 3.45. The number of hydrogen-bond donors (Lipinski definition) is 0. The molecule has 1 aromatic carbocycles. The van der Waals surface area contributed by atoms with Gasteiger partial charge in [0.15, 0.2) is 12.4 Å². The second kappa shape index (κ2) is 13.7. The highest BCUT2D eigenvalue weighted by atomic mass is 35.5. The Labute approximate surface area is 259 Å². The number of halogens is 2. The van der Waals surface area contributed by atoms with E-state index in [1.54, 1.807) is 23.3 Å². The summed E-state index contributed by atoms with van der Waals surface area (Å²) in [7, 11) is 1.63. The van der Waals surface area contributed by atoms with Crippen molar-refractivity contribution in [2.75, 3.05) is 47.4 Å². The van der Waals surface area contributed by atoms with Crippen LogP contribution >= 0.6 is 22.9 Å². The van der Waals surface area contributed by atoms with Crippen LogP contribution in [0, 0.1) is 32.0 Å². The monoisotopic (exact) mass is 629 g/mol. The SMILES string of the molecule is C#CCN1C(=O)COc2cc(F)c(N3C(=O)C4=C(CCCC4)C3=O)cc21.COCC(C)N(C(=O)CCl)c1c(C)csc1C. The van der Waals surface area contributed by atoms with Crippen molar-refractivity contribution in [1.29, 1.82) is 0 Å². The molecule has 0 N–H and O–H groups in total. The number of aryl methyl sites for hydroxylation is 2. The van der Waals surface area contributed by atoms with Gasteiger partial charge in [0.1, 0.15) is 11.6 Å². The van der Waals surface area contributed by atoms with E-state index in [1.165, 1.54) is 11.0 Å². The Morgan fingerprint density at radius 1 is 1.19 bits per heavy atom. The summed E-state index contributed by atoms with van der Waals surface area (Å²) >= 11 is 7.33. The summed E-state index contributed by atoms with van der Waals surface area (Å²) in [5.74, 6) is 0.312. The van der Waals surface area contributed by atoms with Gasteiger partial charge in [0, 0.05) is 29.2 Å². The van der Waals surface area contributed by atoms with Gasteiger partial charge in [-0.1, -0.05) is 5.92 Å². The molecule has 1 atom stereocenters. The molecule has 1 unspecified atom stereocenters. The molecular formula is C31H33ClFN3O6S. The zero-order valence-corrected chi connectivity index (χ0v) is 26.1. The van der Waals surface area contributed by atoms with E-state index in [4.69, 9.17) is 27.5 Å².